The van der Waals surface area contributed by atoms with Gasteiger partial charge in [0.25, 0.3) is 0 Å². The van der Waals surface area contributed by atoms with Gasteiger partial charge in [-0.05, 0) is 75.7 Å². The Morgan fingerprint density at radius 2 is 1.65 bits per heavy atom. The molecule has 3 heterocycles. The number of nitrogens with zero attached hydrogens (tertiary/aromatic N) is 1. The average Bonchev–Trinajstić information content (AvgIpc) is 3.32. The molecular weight excluding hydrogens is 514 g/mol. The number of hydrogen-bond acceptors (Lipinski definition) is 8. The zero-order chi connectivity index (χ0) is 28.0. The number of piperidine rings is 2. The number of nitrogens with one attached hydrogen (secondary N) is 2. The van der Waals surface area contributed by atoms with Crippen molar-refractivity contribution in [3.8, 4) is 0 Å². The first-order chi connectivity index (χ1) is 19.5. The van der Waals surface area contributed by atoms with Crippen LogP contribution in [0.1, 0.15) is 57.8 Å². The van der Waals surface area contributed by atoms with Gasteiger partial charge in [-0.25, -0.2) is 0 Å². The third kappa shape index (κ3) is 5.00. The number of rotatable bonds is 8. The lowest BCUT2D eigenvalue weighted by molar-refractivity contribution is -0.175. The first kappa shape index (κ1) is 28.8. The van der Waals surface area contributed by atoms with Gasteiger partial charge >= 0.3 is 0 Å². The van der Waals surface area contributed by atoms with E-state index in [0.29, 0.717) is 23.8 Å². The smallest absolute Gasteiger partial charge is 0.246 e. The van der Waals surface area contributed by atoms with Crippen LogP contribution in [0.2, 0.25) is 0 Å². The highest BCUT2D eigenvalue weighted by Crippen LogP contribution is 2.54. The lowest BCUT2D eigenvalue weighted by Crippen LogP contribution is -2.70. The summed E-state index contributed by atoms with van der Waals surface area (Å²) >= 11 is 0. The van der Waals surface area contributed by atoms with E-state index in [9.17, 15) is 9.59 Å². The predicted molar refractivity (Wildman–Crippen MR) is 147 cm³/mol. The van der Waals surface area contributed by atoms with Crippen molar-refractivity contribution in [3.05, 3.63) is 0 Å². The van der Waals surface area contributed by atoms with E-state index < -0.39 is 0 Å². The standard InChI is InChI=1S/C30H49N3O7/c1-36-16-5-8-21(24(14-16)38-3)32-25(34)15-40-17-6-9-22-20(13-17)18-11-12-31-27-19-7-10-23(37-2)29(39-4)26(19)30(35)33(22)28(18)27/h16-24,26-29,31H,5-15H2,1-4H3,(H,32,34). The molecule has 0 aromatic carbocycles. The summed E-state index contributed by atoms with van der Waals surface area (Å²) in [7, 11) is 6.88. The molecule has 0 radical (unpaired) electrons. The van der Waals surface area contributed by atoms with Crippen LogP contribution in [0.3, 0.4) is 0 Å². The fourth-order valence-corrected chi connectivity index (χ4v) is 9.66. The summed E-state index contributed by atoms with van der Waals surface area (Å²) in [4.78, 5) is 29.3. The molecule has 3 aliphatic heterocycles. The average molecular weight is 564 g/mol. The molecule has 2 amide bonds. The van der Waals surface area contributed by atoms with Gasteiger partial charge in [0.2, 0.25) is 11.8 Å². The third-order valence-corrected chi connectivity index (χ3v) is 11.4. The molecule has 0 bridgehead atoms. The van der Waals surface area contributed by atoms with Crippen molar-refractivity contribution in [3.63, 3.8) is 0 Å². The van der Waals surface area contributed by atoms with E-state index in [2.05, 4.69) is 15.5 Å². The molecular formula is C30H49N3O7. The Bertz CT molecular complexity index is 922. The summed E-state index contributed by atoms with van der Waals surface area (Å²) in [6, 6.07) is 0.807. The van der Waals surface area contributed by atoms with Crippen molar-refractivity contribution in [2.24, 2.45) is 23.7 Å². The van der Waals surface area contributed by atoms with Crippen LogP contribution < -0.4 is 10.6 Å². The normalized spacial score (nSPS) is 46.4. The molecule has 13 unspecified atom stereocenters. The fourth-order valence-electron chi connectivity index (χ4n) is 9.66. The van der Waals surface area contributed by atoms with E-state index in [0.717, 1.165) is 64.3 Å². The molecule has 0 aromatic heterocycles. The minimum Gasteiger partial charge on any atom is -0.381 e. The van der Waals surface area contributed by atoms with Crippen molar-refractivity contribution in [2.75, 3.05) is 41.6 Å². The monoisotopic (exact) mass is 563 g/mol. The zero-order valence-corrected chi connectivity index (χ0v) is 24.6. The minimum absolute atomic E-state index is 0.0103. The molecule has 3 aliphatic carbocycles. The second-order valence-electron chi connectivity index (χ2n) is 13.0. The molecule has 10 nitrogen and oxygen atoms in total. The molecule has 226 valence electrons. The van der Waals surface area contributed by atoms with Crippen molar-refractivity contribution in [1.29, 1.82) is 0 Å². The first-order valence-electron chi connectivity index (χ1n) is 15.6. The van der Waals surface area contributed by atoms with Crippen LogP contribution in [0, 0.1) is 23.7 Å². The van der Waals surface area contributed by atoms with E-state index in [1.54, 1.807) is 28.4 Å². The van der Waals surface area contributed by atoms with Gasteiger partial charge in [-0.1, -0.05) is 0 Å². The van der Waals surface area contributed by atoms with Crippen LogP contribution >= 0.6 is 0 Å². The Labute approximate surface area is 238 Å². The van der Waals surface area contributed by atoms with E-state index >= 15 is 0 Å². The quantitative estimate of drug-likeness (QED) is 0.458. The number of hydrogen-bond donors (Lipinski definition) is 2. The maximum Gasteiger partial charge on any atom is 0.246 e. The predicted octanol–water partition coefficient (Wildman–Crippen LogP) is 1.50. The molecule has 0 spiro atoms. The molecule has 3 saturated carbocycles. The second-order valence-corrected chi connectivity index (χ2v) is 13.0. The largest absolute Gasteiger partial charge is 0.381 e. The van der Waals surface area contributed by atoms with Gasteiger partial charge in [0, 0.05) is 46.9 Å². The summed E-state index contributed by atoms with van der Waals surface area (Å²) in [6.45, 7) is 1.06. The number of fused-ring (bicyclic) bond motifs is 5. The highest BCUT2D eigenvalue weighted by atomic mass is 16.5. The Hall–Kier alpha value is -1.30. The summed E-state index contributed by atoms with van der Waals surface area (Å²) in [6.07, 6.45) is 8.25. The number of methoxy groups -OCH3 is 4. The van der Waals surface area contributed by atoms with Gasteiger partial charge in [0.15, 0.2) is 0 Å². The van der Waals surface area contributed by atoms with Crippen molar-refractivity contribution >= 4 is 11.8 Å². The molecule has 13 atom stereocenters. The van der Waals surface area contributed by atoms with E-state index in [1.807, 2.05) is 0 Å². The molecule has 10 heteroatoms. The zero-order valence-electron chi connectivity index (χ0n) is 24.6. The third-order valence-electron chi connectivity index (χ3n) is 11.4. The lowest BCUT2D eigenvalue weighted by atomic mass is 9.64. The number of amides is 2. The molecule has 40 heavy (non-hydrogen) atoms. The molecule has 2 N–H and O–H groups in total. The SMILES string of the molecule is COC1CCC(NC(=O)COC2CCC3C(C2)C2CCNC4C5CCC(OC)C(OC)C5C(=O)N3C24)C(OC)C1. The lowest BCUT2D eigenvalue weighted by Gasteiger charge is -2.55. The van der Waals surface area contributed by atoms with Crippen molar-refractivity contribution in [1.82, 2.24) is 15.5 Å². The van der Waals surface area contributed by atoms with E-state index in [1.165, 1.54) is 0 Å². The molecule has 6 fully saturated rings. The van der Waals surface area contributed by atoms with Crippen LogP contribution in [0.4, 0.5) is 0 Å². The summed E-state index contributed by atoms with van der Waals surface area (Å²) in [5.41, 5.74) is 0. The van der Waals surface area contributed by atoms with Crippen LogP contribution in [0.5, 0.6) is 0 Å². The number of carbonyl (C=O) groups excluding carboxylic acids is 2. The summed E-state index contributed by atoms with van der Waals surface area (Å²) in [5, 5.41) is 6.99. The van der Waals surface area contributed by atoms with Crippen molar-refractivity contribution < 1.29 is 33.3 Å². The van der Waals surface area contributed by atoms with Crippen LogP contribution in [-0.2, 0) is 33.3 Å². The molecule has 6 aliphatic rings. The van der Waals surface area contributed by atoms with Gasteiger partial charge in [-0.15, -0.1) is 0 Å². The van der Waals surface area contributed by atoms with Crippen LogP contribution in [0.25, 0.3) is 0 Å². The number of ether oxygens (including phenoxy) is 5. The van der Waals surface area contributed by atoms with Crippen LogP contribution in [0.15, 0.2) is 0 Å². The Kier molecular flexibility index (Phi) is 8.73. The van der Waals surface area contributed by atoms with Crippen molar-refractivity contribution in [2.45, 2.75) is 112 Å². The van der Waals surface area contributed by atoms with Gasteiger partial charge < -0.3 is 39.2 Å². The summed E-state index contributed by atoms with van der Waals surface area (Å²) in [5.74, 6) is 1.24. The van der Waals surface area contributed by atoms with Gasteiger partial charge in [0.05, 0.1) is 48.5 Å². The maximum atomic E-state index is 14.2. The van der Waals surface area contributed by atoms with Gasteiger partial charge in [-0.2, -0.15) is 0 Å². The fraction of sp³-hybridized carbons (Fsp3) is 0.933. The van der Waals surface area contributed by atoms with Gasteiger partial charge in [-0.3, -0.25) is 9.59 Å². The summed E-state index contributed by atoms with van der Waals surface area (Å²) < 4.78 is 29.1. The minimum atomic E-state index is -0.195. The van der Waals surface area contributed by atoms with Gasteiger partial charge in [0.1, 0.15) is 6.61 Å². The van der Waals surface area contributed by atoms with E-state index in [-0.39, 0.29) is 73.0 Å². The maximum absolute atomic E-state index is 14.2. The highest BCUT2D eigenvalue weighted by molar-refractivity contribution is 5.83. The Balaban J connectivity index is 1.09. The highest BCUT2D eigenvalue weighted by Gasteiger charge is 2.64. The van der Waals surface area contributed by atoms with Crippen LogP contribution in [-0.4, -0.2) is 113 Å². The second kappa shape index (κ2) is 12.1. The molecule has 0 aromatic rings. The number of carbonyl (C=O) groups is 2. The first-order valence-corrected chi connectivity index (χ1v) is 15.6. The van der Waals surface area contributed by atoms with E-state index in [4.69, 9.17) is 23.7 Å². The molecule has 3 saturated heterocycles. The topological polar surface area (TPSA) is 108 Å². The Morgan fingerprint density at radius 1 is 0.850 bits per heavy atom. The Morgan fingerprint density at radius 3 is 2.40 bits per heavy atom. The molecule has 6 rings (SSSR count).